The van der Waals surface area contributed by atoms with Crippen LogP contribution in [0.1, 0.15) is 47.4 Å². The zero-order chi connectivity index (χ0) is 22.6. The maximum absolute atomic E-state index is 12.8. The van der Waals surface area contributed by atoms with Crippen LogP contribution in [0.4, 0.5) is 0 Å². The van der Waals surface area contributed by atoms with E-state index < -0.39 is 11.9 Å². The molecule has 0 N–H and O–H groups in total. The van der Waals surface area contributed by atoms with Gasteiger partial charge in [-0.25, -0.2) is 0 Å². The molecule has 0 saturated carbocycles. The minimum Gasteiger partial charge on any atom is -0.422 e. The van der Waals surface area contributed by atoms with Gasteiger partial charge in [0.15, 0.2) is 5.76 Å². The molecule has 2 aliphatic rings. The summed E-state index contributed by atoms with van der Waals surface area (Å²) in [6.07, 6.45) is 3.91. The maximum Gasteiger partial charge on any atom is 0.322 e. The lowest BCUT2D eigenvalue weighted by Crippen LogP contribution is -2.21. The Labute approximate surface area is 193 Å². The van der Waals surface area contributed by atoms with Crippen LogP contribution in [0, 0.1) is 5.92 Å². The first-order valence-corrected chi connectivity index (χ1v) is 11.5. The van der Waals surface area contributed by atoms with Crippen LogP contribution in [0.5, 0.6) is 0 Å². The summed E-state index contributed by atoms with van der Waals surface area (Å²) in [5, 5.41) is 0. The van der Waals surface area contributed by atoms with E-state index in [0.29, 0.717) is 13.0 Å². The van der Waals surface area contributed by atoms with E-state index in [2.05, 4.69) is 60.7 Å². The molecule has 2 aliphatic heterocycles. The number of esters is 1. The number of hydrogen-bond acceptors (Lipinski definition) is 4. The molecule has 2 heterocycles. The molecule has 0 aromatic heterocycles. The Balaban J connectivity index is 1.38. The van der Waals surface area contributed by atoms with Crippen LogP contribution in [-0.2, 0) is 19.1 Å². The number of Topliss-reactive ketones (excluding diaryl/α,β-unsaturated/α-hetero) is 1. The van der Waals surface area contributed by atoms with E-state index in [0.717, 1.165) is 24.0 Å². The normalized spacial score (nSPS) is 21.7. The van der Waals surface area contributed by atoms with Crippen molar-refractivity contribution in [2.75, 3.05) is 6.61 Å². The molecule has 4 heteroatoms. The molecule has 0 bridgehead atoms. The number of benzene rings is 3. The molecule has 0 spiro atoms. The predicted octanol–water partition coefficient (Wildman–Crippen LogP) is 5.52. The minimum atomic E-state index is -0.751. The minimum absolute atomic E-state index is 0.0296. The van der Waals surface area contributed by atoms with Crippen molar-refractivity contribution in [2.24, 2.45) is 5.92 Å². The van der Waals surface area contributed by atoms with Crippen molar-refractivity contribution in [1.82, 2.24) is 0 Å². The van der Waals surface area contributed by atoms with Gasteiger partial charge in [-0.05, 0) is 47.6 Å². The Bertz CT molecular complexity index is 1100. The van der Waals surface area contributed by atoms with Gasteiger partial charge < -0.3 is 9.47 Å². The molecule has 3 aromatic carbocycles. The number of rotatable bonds is 6. The quantitative estimate of drug-likeness (QED) is 0.220. The fraction of sp³-hybridized carbons (Fsp3) is 0.241. The number of carbonyl (C=O) groups excluding carboxylic acids is 2. The molecule has 2 saturated heterocycles. The van der Waals surface area contributed by atoms with Crippen LogP contribution in [0.3, 0.4) is 0 Å². The molecular formula is C29H26O4. The van der Waals surface area contributed by atoms with Gasteiger partial charge in [-0.2, -0.15) is 0 Å². The Hall–Kier alpha value is -3.50. The van der Waals surface area contributed by atoms with Crippen molar-refractivity contribution < 1.29 is 19.1 Å². The lowest BCUT2D eigenvalue weighted by molar-refractivity contribution is -0.140. The summed E-state index contributed by atoms with van der Waals surface area (Å²) in [4.78, 5) is 25.1. The number of ketones is 1. The van der Waals surface area contributed by atoms with Gasteiger partial charge >= 0.3 is 5.97 Å². The molecule has 5 rings (SSSR count). The van der Waals surface area contributed by atoms with Crippen molar-refractivity contribution in [3.05, 3.63) is 113 Å². The zero-order valence-electron chi connectivity index (χ0n) is 18.4. The summed E-state index contributed by atoms with van der Waals surface area (Å²) in [6, 6.07) is 28.9. The van der Waals surface area contributed by atoms with E-state index in [1.807, 2.05) is 24.3 Å². The first kappa shape index (κ1) is 21.4. The molecule has 0 aliphatic carbocycles. The number of cyclic esters (lactones) is 1. The molecule has 0 radical (unpaired) electrons. The third kappa shape index (κ3) is 4.67. The van der Waals surface area contributed by atoms with Crippen molar-refractivity contribution >= 4 is 17.8 Å². The highest BCUT2D eigenvalue weighted by Gasteiger charge is 2.41. The number of ether oxygens (including phenoxy) is 2. The first-order chi connectivity index (χ1) is 16.2. The highest BCUT2D eigenvalue weighted by molar-refractivity contribution is 6.15. The summed E-state index contributed by atoms with van der Waals surface area (Å²) in [7, 11) is 0. The number of hydrogen-bond donors (Lipinski definition) is 0. The molecule has 3 aromatic rings. The van der Waals surface area contributed by atoms with E-state index in [4.69, 9.17) is 9.47 Å². The van der Waals surface area contributed by atoms with Crippen LogP contribution in [0.2, 0.25) is 0 Å². The highest BCUT2D eigenvalue weighted by atomic mass is 16.6. The molecule has 166 valence electrons. The van der Waals surface area contributed by atoms with Gasteiger partial charge in [0, 0.05) is 12.5 Å². The summed E-state index contributed by atoms with van der Waals surface area (Å²) in [5.41, 5.74) is 4.41. The van der Waals surface area contributed by atoms with Crippen LogP contribution >= 0.6 is 0 Å². The van der Waals surface area contributed by atoms with E-state index in [9.17, 15) is 9.59 Å². The fourth-order valence-corrected chi connectivity index (χ4v) is 4.71. The average Bonchev–Trinajstić information content (AvgIpc) is 3.46. The lowest BCUT2D eigenvalue weighted by Gasteiger charge is -2.19. The van der Waals surface area contributed by atoms with Crippen molar-refractivity contribution in [1.29, 1.82) is 0 Å². The van der Waals surface area contributed by atoms with Gasteiger partial charge in [0.05, 0.1) is 6.10 Å². The van der Waals surface area contributed by atoms with E-state index in [1.165, 1.54) is 11.1 Å². The highest BCUT2D eigenvalue weighted by Crippen LogP contribution is 2.33. The van der Waals surface area contributed by atoms with Gasteiger partial charge in [-0.1, -0.05) is 84.9 Å². The van der Waals surface area contributed by atoms with Crippen molar-refractivity contribution in [3.63, 3.8) is 0 Å². The third-order valence-electron chi connectivity index (χ3n) is 6.41. The Morgan fingerprint density at radius 2 is 1.42 bits per heavy atom. The smallest absolute Gasteiger partial charge is 0.322 e. The molecular weight excluding hydrogens is 412 g/mol. The van der Waals surface area contributed by atoms with Crippen molar-refractivity contribution in [2.45, 2.75) is 31.3 Å². The summed E-state index contributed by atoms with van der Waals surface area (Å²) >= 11 is 0. The molecule has 2 atom stereocenters. The van der Waals surface area contributed by atoms with Gasteiger partial charge in [-0.3, -0.25) is 9.59 Å². The van der Waals surface area contributed by atoms with Crippen LogP contribution in [0.25, 0.3) is 6.08 Å². The number of carbonyl (C=O) groups is 2. The topological polar surface area (TPSA) is 52.6 Å². The monoisotopic (exact) mass is 438 g/mol. The van der Waals surface area contributed by atoms with E-state index in [-0.39, 0.29) is 23.6 Å². The Kier molecular flexibility index (Phi) is 6.18. The molecule has 33 heavy (non-hydrogen) atoms. The van der Waals surface area contributed by atoms with Gasteiger partial charge in [0.2, 0.25) is 5.78 Å². The second-order valence-electron chi connectivity index (χ2n) is 8.64. The maximum atomic E-state index is 12.8. The van der Waals surface area contributed by atoms with Gasteiger partial charge in [0.25, 0.3) is 0 Å². The van der Waals surface area contributed by atoms with Gasteiger partial charge in [-0.15, -0.1) is 0 Å². The number of allylic oxidation sites excluding steroid dienone is 1. The standard InChI is InChI=1S/C29H26O4/c30-28-25(19-24-12-7-17-32-24)29(31)33-26(28)18-20-13-15-23(16-14-20)27(21-8-3-1-4-9-21)22-10-5-2-6-11-22/h1-6,8-11,13-16,18,24-25,27H,7,12,17,19H2/b26-18+. The third-order valence-corrected chi connectivity index (χ3v) is 6.41. The predicted molar refractivity (Wildman–Crippen MR) is 126 cm³/mol. The molecule has 2 unspecified atom stereocenters. The van der Waals surface area contributed by atoms with E-state index >= 15 is 0 Å². The second kappa shape index (κ2) is 9.55. The SMILES string of the molecule is O=C1O/C(=C/c2ccc(C(c3ccccc3)c3ccccc3)cc2)C(=O)C1CC1CCCO1. The van der Waals surface area contributed by atoms with Crippen LogP contribution in [0.15, 0.2) is 90.7 Å². The Morgan fingerprint density at radius 1 is 0.818 bits per heavy atom. The molecule has 2 fully saturated rings. The lowest BCUT2D eigenvalue weighted by atomic mass is 9.85. The fourth-order valence-electron chi connectivity index (χ4n) is 4.71. The average molecular weight is 439 g/mol. The summed E-state index contributed by atoms with van der Waals surface area (Å²) in [5.74, 6) is -1.23. The van der Waals surface area contributed by atoms with Gasteiger partial charge in [0.1, 0.15) is 5.92 Å². The Morgan fingerprint density at radius 3 is 2.00 bits per heavy atom. The summed E-state index contributed by atoms with van der Waals surface area (Å²) in [6.45, 7) is 0.697. The largest absolute Gasteiger partial charge is 0.422 e. The summed E-state index contributed by atoms with van der Waals surface area (Å²) < 4.78 is 10.9. The molecule has 0 amide bonds. The molecule has 4 nitrogen and oxygen atoms in total. The van der Waals surface area contributed by atoms with Crippen molar-refractivity contribution in [3.8, 4) is 0 Å². The first-order valence-electron chi connectivity index (χ1n) is 11.5. The van der Waals surface area contributed by atoms with Crippen LogP contribution < -0.4 is 0 Å². The zero-order valence-corrected chi connectivity index (χ0v) is 18.4. The second-order valence-corrected chi connectivity index (χ2v) is 8.64. The van der Waals surface area contributed by atoms with Crippen LogP contribution in [-0.4, -0.2) is 24.5 Å². The van der Waals surface area contributed by atoms with E-state index in [1.54, 1.807) is 6.08 Å².